The third-order valence-corrected chi connectivity index (χ3v) is 6.78. The van der Waals surface area contributed by atoms with E-state index in [9.17, 15) is 9.59 Å². The van der Waals surface area contributed by atoms with Crippen molar-refractivity contribution in [2.45, 2.75) is 39.0 Å². The van der Waals surface area contributed by atoms with Gasteiger partial charge in [0.25, 0.3) is 5.91 Å². The second-order valence-corrected chi connectivity index (χ2v) is 8.82. The highest BCUT2D eigenvalue weighted by Crippen LogP contribution is 2.39. The van der Waals surface area contributed by atoms with Crippen LogP contribution in [-0.4, -0.2) is 38.7 Å². The second-order valence-electron chi connectivity index (χ2n) is 7.72. The van der Waals surface area contributed by atoms with E-state index in [2.05, 4.69) is 10.6 Å². The van der Waals surface area contributed by atoms with Gasteiger partial charge in [-0.15, -0.1) is 11.3 Å². The standard InChI is InChI=1S/C24H28N2O5S/c1-3-30-11-5-10-25-23(28)22-17-6-4-7-20(17)32-24(22)26-21(27)12-15-14-31-19-9-8-16(29-2)13-18(15)19/h8-9,13-14H,3-7,10-12H2,1-2H3,(H,25,28)(H,26,27). The molecule has 2 N–H and O–H groups in total. The first-order chi connectivity index (χ1) is 15.6. The van der Waals surface area contributed by atoms with Crippen LogP contribution in [0.15, 0.2) is 28.9 Å². The molecule has 32 heavy (non-hydrogen) atoms. The van der Waals surface area contributed by atoms with Gasteiger partial charge in [0, 0.05) is 35.6 Å². The SMILES string of the molecule is CCOCCCNC(=O)c1c(NC(=O)Cc2coc3ccc(OC)cc23)sc2c1CCC2. The molecule has 0 bridgehead atoms. The van der Waals surface area contributed by atoms with Crippen LogP contribution in [-0.2, 0) is 28.8 Å². The van der Waals surface area contributed by atoms with Gasteiger partial charge < -0.3 is 24.5 Å². The number of thiophene rings is 1. The summed E-state index contributed by atoms with van der Waals surface area (Å²) in [6.45, 7) is 3.77. The van der Waals surface area contributed by atoms with Crippen molar-refractivity contribution >= 4 is 39.1 Å². The Balaban J connectivity index is 1.47. The average Bonchev–Trinajstić information content (AvgIpc) is 3.48. The number of furan rings is 1. The van der Waals surface area contributed by atoms with Gasteiger partial charge in [-0.1, -0.05) is 0 Å². The van der Waals surface area contributed by atoms with E-state index in [-0.39, 0.29) is 18.2 Å². The van der Waals surface area contributed by atoms with Crippen LogP contribution in [0.3, 0.4) is 0 Å². The van der Waals surface area contributed by atoms with E-state index >= 15 is 0 Å². The first-order valence-corrected chi connectivity index (χ1v) is 11.8. The molecule has 8 heteroatoms. The maximum atomic E-state index is 12.9. The summed E-state index contributed by atoms with van der Waals surface area (Å²) < 4.78 is 16.2. The Kier molecular flexibility index (Phi) is 7.12. The molecule has 0 atom stereocenters. The van der Waals surface area contributed by atoms with Crippen molar-refractivity contribution in [2.24, 2.45) is 0 Å². The summed E-state index contributed by atoms with van der Waals surface area (Å²) in [7, 11) is 1.60. The highest BCUT2D eigenvalue weighted by molar-refractivity contribution is 7.17. The molecule has 2 heterocycles. The number of amides is 2. The van der Waals surface area contributed by atoms with Crippen LogP contribution >= 0.6 is 11.3 Å². The highest BCUT2D eigenvalue weighted by Gasteiger charge is 2.27. The van der Waals surface area contributed by atoms with Crippen molar-refractivity contribution in [1.29, 1.82) is 0 Å². The summed E-state index contributed by atoms with van der Waals surface area (Å²) in [6, 6.07) is 5.51. The second kappa shape index (κ2) is 10.2. The van der Waals surface area contributed by atoms with Gasteiger partial charge in [0.15, 0.2) is 0 Å². The number of carbonyl (C=O) groups is 2. The quantitative estimate of drug-likeness (QED) is 0.443. The third kappa shape index (κ3) is 4.81. The number of ether oxygens (including phenoxy) is 2. The summed E-state index contributed by atoms with van der Waals surface area (Å²) in [6.07, 6.45) is 5.37. The minimum atomic E-state index is -0.180. The van der Waals surface area contributed by atoms with E-state index in [0.717, 1.165) is 42.2 Å². The lowest BCUT2D eigenvalue weighted by Crippen LogP contribution is -2.27. The maximum absolute atomic E-state index is 12.9. The molecule has 0 saturated carbocycles. The van der Waals surface area contributed by atoms with Crippen LogP contribution in [0.1, 0.15) is 46.1 Å². The Morgan fingerprint density at radius 3 is 2.94 bits per heavy atom. The zero-order chi connectivity index (χ0) is 22.5. The van der Waals surface area contributed by atoms with Crippen LogP contribution in [0.4, 0.5) is 5.00 Å². The van der Waals surface area contributed by atoms with Gasteiger partial charge in [0.2, 0.25) is 5.91 Å². The summed E-state index contributed by atoms with van der Waals surface area (Å²) in [5.74, 6) is 0.397. The third-order valence-electron chi connectivity index (χ3n) is 5.57. The summed E-state index contributed by atoms with van der Waals surface area (Å²) in [4.78, 5) is 27.0. The van der Waals surface area contributed by atoms with Crippen molar-refractivity contribution in [3.63, 3.8) is 0 Å². The van der Waals surface area contributed by atoms with E-state index in [1.165, 1.54) is 16.2 Å². The maximum Gasteiger partial charge on any atom is 0.254 e. The van der Waals surface area contributed by atoms with E-state index in [4.69, 9.17) is 13.9 Å². The van der Waals surface area contributed by atoms with Gasteiger partial charge in [-0.3, -0.25) is 9.59 Å². The normalized spacial score (nSPS) is 12.7. The number of methoxy groups -OCH3 is 1. The van der Waals surface area contributed by atoms with E-state index in [1.54, 1.807) is 13.4 Å². The van der Waals surface area contributed by atoms with E-state index in [0.29, 0.717) is 41.7 Å². The summed E-state index contributed by atoms with van der Waals surface area (Å²) in [5.41, 5.74) is 3.18. The molecule has 0 radical (unpaired) electrons. The predicted octanol–water partition coefficient (Wildman–Crippen LogP) is 4.33. The van der Waals surface area contributed by atoms with Crippen molar-refractivity contribution in [2.75, 3.05) is 32.2 Å². The lowest BCUT2D eigenvalue weighted by Gasteiger charge is -2.09. The molecule has 0 saturated heterocycles. The van der Waals surface area contributed by atoms with Crippen LogP contribution in [0, 0.1) is 0 Å². The largest absolute Gasteiger partial charge is 0.497 e. The Bertz CT molecular complexity index is 1120. The molecular formula is C24H28N2O5S. The minimum absolute atomic E-state index is 0.130. The fourth-order valence-corrected chi connectivity index (χ4v) is 5.31. The Labute approximate surface area is 191 Å². The van der Waals surface area contributed by atoms with Gasteiger partial charge in [0.05, 0.1) is 25.4 Å². The number of hydrogen-bond acceptors (Lipinski definition) is 6. The molecule has 2 amide bonds. The van der Waals surface area contributed by atoms with Crippen LogP contribution in [0.2, 0.25) is 0 Å². The molecule has 7 nitrogen and oxygen atoms in total. The average molecular weight is 457 g/mol. The molecule has 2 aromatic heterocycles. The van der Waals surface area contributed by atoms with Crippen LogP contribution < -0.4 is 15.4 Å². The molecule has 170 valence electrons. The number of hydrogen-bond donors (Lipinski definition) is 2. The first-order valence-electron chi connectivity index (χ1n) is 10.9. The van der Waals surface area contributed by atoms with Crippen molar-refractivity contribution in [3.8, 4) is 5.75 Å². The lowest BCUT2D eigenvalue weighted by molar-refractivity contribution is -0.115. The number of benzene rings is 1. The fraction of sp³-hybridized carbons (Fsp3) is 0.417. The van der Waals surface area contributed by atoms with Gasteiger partial charge >= 0.3 is 0 Å². The molecule has 0 fully saturated rings. The number of carbonyl (C=O) groups excluding carboxylic acids is 2. The van der Waals surface area contributed by atoms with Crippen LogP contribution in [0.25, 0.3) is 11.0 Å². The predicted molar refractivity (Wildman–Crippen MR) is 125 cm³/mol. The molecule has 3 aromatic rings. The van der Waals surface area contributed by atoms with E-state index in [1.807, 2.05) is 25.1 Å². The van der Waals surface area contributed by atoms with Gasteiger partial charge in [-0.2, -0.15) is 0 Å². The number of nitrogens with one attached hydrogen (secondary N) is 2. The van der Waals surface area contributed by atoms with Crippen LogP contribution in [0.5, 0.6) is 5.75 Å². The molecule has 1 aliphatic carbocycles. The molecule has 4 rings (SSSR count). The molecule has 0 aliphatic heterocycles. The first kappa shape index (κ1) is 22.4. The Morgan fingerprint density at radius 2 is 2.12 bits per heavy atom. The Morgan fingerprint density at radius 1 is 1.25 bits per heavy atom. The van der Waals surface area contributed by atoms with E-state index < -0.39 is 0 Å². The molecule has 0 unspecified atom stereocenters. The number of fused-ring (bicyclic) bond motifs is 2. The smallest absolute Gasteiger partial charge is 0.254 e. The Hall–Kier alpha value is -2.84. The molecule has 1 aromatic carbocycles. The number of rotatable bonds is 10. The fourth-order valence-electron chi connectivity index (χ4n) is 4.01. The highest BCUT2D eigenvalue weighted by atomic mass is 32.1. The lowest BCUT2D eigenvalue weighted by atomic mass is 10.1. The van der Waals surface area contributed by atoms with Crippen molar-refractivity contribution in [3.05, 3.63) is 46.0 Å². The van der Waals surface area contributed by atoms with Gasteiger partial charge in [-0.25, -0.2) is 0 Å². The zero-order valence-corrected chi connectivity index (χ0v) is 19.2. The minimum Gasteiger partial charge on any atom is -0.497 e. The number of aryl methyl sites for hydroxylation is 1. The van der Waals surface area contributed by atoms with Gasteiger partial charge in [0.1, 0.15) is 16.3 Å². The molecular weight excluding hydrogens is 428 g/mol. The molecule has 0 spiro atoms. The van der Waals surface area contributed by atoms with Gasteiger partial charge in [-0.05, 0) is 56.4 Å². The topological polar surface area (TPSA) is 89.8 Å². The zero-order valence-electron chi connectivity index (χ0n) is 18.4. The monoisotopic (exact) mass is 456 g/mol. The number of anilines is 1. The summed E-state index contributed by atoms with van der Waals surface area (Å²) >= 11 is 1.51. The van der Waals surface area contributed by atoms with Crippen molar-refractivity contribution < 1.29 is 23.5 Å². The summed E-state index contributed by atoms with van der Waals surface area (Å²) in [5, 5.41) is 7.44. The van der Waals surface area contributed by atoms with Crippen molar-refractivity contribution in [1.82, 2.24) is 5.32 Å². The molecule has 1 aliphatic rings.